The van der Waals surface area contributed by atoms with Gasteiger partial charge in [0.15, 0.2) is 0 Å². The Labute approximate surface area is 145 Å². The maximum atomic E-state index is 11.2. The zero-order valence-electron chi connectivity index (χ0n) is 13.7. The minimum atomic E-state index is -0.964. The number of hydrogen-bond donors (Lipinski definition) is 4. The lowest BCUT2D eigenvalue weighted by atomic mass is 10.0. The molecule has 0 unspecified atom stereocenters. The van der Waals surface area contributed by atoms with Gasteiger partial charge in [0.1, 0.15) is 5.75 Å². The Morgan fingerprint density at radius 1 is 1.36 bits per heavy atom. The lowest BCUT2D eigenvalue weighted by molar-refractivity contribution is -0.137. The van der Waals surface area contributed by atoms with Gasteiger partial charge in [0.25, 0.3) is 0 Å². The van der Waals surface area contributed by atoms with Gasteiger partial charge in [0.2, 0.25) is 0 Å². The largest absolute Gasteiger partial charge is 0.506 e. The number of carbonyl (C=O) groups is 1. The van der Waals surface area contributed by atoms with Crippen molar-refractivity contribution in [2.75, 3.05) is 0 Å². The molecule has 0 radical (unpaired) electrons. The lowest BCUT2D eigenvalue weighted by Gasteiger charge is -2.19. The maximum Gasteiger partial charge on any atom is 0.305 e. The molecule has 0 aliphatic rings. The third-order valence-corrected chi connectivity index (χ3v) is 3.95. The average Bonchev–Trinajstić information content (AvgIpc) is 2.61. The number of carboxylic acid groups (broad SMARTS) is 1. The zero-order valence-corrected chi connectivity index (χ0v) is 13.7. The first-order chi connectivity index (χ1) is 12.0. The zero-order chi connectivity index (χ0) is 18.4. The summed E-state index contributed by atoms with van der Waals surface area (Å²) in [6.07, 6.45) is 1.40. The van der Waals surface area contributed by atoms with E-state index >= 15 is 0 Å². The van der Waals surface area contributed by atoms with Crippen molar-refractivity contribution in [3.63, 3.8) is 0 Å². The summed E-state index contributed by atoms with van der Waals surface area (Å²) in [4.78, 5) is 15.2. The van der Waals surface area contributed by atoms with Crippen molar-refractivity contribution in [2.24, 2.45) is 0 Å². The van der Waals surface area contributed by atoms with Crippen LogP contribution in [0.5, 0.6) is 5.75 Å². The van der Waals surface area contributed by atoms with Crippen molar-refractivity contribution in [2.45, 2.75) is 32.5 Å². The second kappa shape index (κ2) is 8.24. The van der Waals surface area contributed by atoms with E-state index in [0.29, 0.717) is 22.4 Å². The number of aliphatic carboxylic acids is 1. The van der Waals surface area contributed by atoms with E-state index in [2.05, 4.69) is 10.3 Å². The quantitative estimate of drug-likeness (QED) is 0.604. The summed E-state index contributed by atoms with van der Waals surface area (Å²) in [5.41, 5.74) is 2.61. The van der Waals surface area contributed by atoms with Gasteiger partial charge in [0, 0.05) is 24.3 Å². The van der Waals surface area contributed by atoms with Crippen molar-refractivity contribution in [3.05, 3.63) is 58.4 Å². The monoisotopic (exact) mass is 341 g/mol. The predicted molar refractivity (Wildman–Crippen MR) is 89.6 cm³/mol. The molecule has 7 heteroatoms. The van der Waals surface area contributed by atoms with E-state index in [1.54, 1.807) is 37.4 Å². The standard InChI is InChI=1S/C18H19N3O4/c1-11-18(25)15(10-22)14(8-20-11)9-21-16(6-17(23)24)13-4-2-12(7-19)3-5-13/h2-5,8,16,21-22,25H,6,9-10H2,1H3,(H,23,24)/t16-/m1/s1. The molecule has 0 spiro atoms. The van der Waals surface area contributed by atoms with Gasteiger partial charge in [-0.15, -0.1) is 0 Å². The number of aryl methyl sites for hydroxylation is 1. The van der Waals surface area contributed by atoms with Gasteiger partial charge in [-0.2, -0.15) is 5.26 Å². The Bertz CT molecular complexity index is 797. The SMILES string of the molecule is Cc1ncc(CN[C@H](CC(=O)O)c2ccc(C#N)cc2)c(CO)c1O. The third kappa shape index (κ3) is 4.53. The molecule has 2 aromatic rings. The second-order valence-electron chi connectivity index (χ2n) is 5.62. The van der Waals surface area contributed by atoms with Crippen molar-refractivity contribution in [1.82, 2.24) is 10.3 Å². The highest BCUT2D eigenvalue weighted by Gasteiger charge is 2.17. The van der Waals surface area contributed by atoms with Crippen molar-refractivity contribution in [1.29, 1.82) is 5.26 Å². The van der Waals surface area contributed by atoms with Crippen LogP contribution in [0.25, 0.3) is 0 Å². The van der Waals surface area contributed by atoms with E-state index in [-0.39, 0.29) is 25.3 Å². The first-order valence-corrected chi connectivity index (χ1v) is 7.68. The summed E-state index contributed by atoms with van der Waals surface area (Å²) in [6, 6.07) is 8.20. The van der Waals surface area contributed by atoms with Crippen molar-refractivity contribution in [3.8, 4) is 11.8 Å². The summed E-state index contributed by atoms with van der Waals surface area (Å²) in [7, 11) is 0. The summed E-state index contributed by atoms with van der Waals surface area (Å²) in [6.45, 7) is 1.52. The van der Waals surface area contributed by atoms with Gasteiger partial charge >= 0.3 is 5.97 Å². The molecule has 25 heavy (non-hydrogen) atoms. The number of pyridine rings is 1. The molecular weight excluding hydrogens is 322 g/mol. The molecule has 130 valence electrons. The lowest BCUT2D eigenvalue weighted by Crippen LogP contribution is -2.24. The fraction of sp³-hybridized carbons (Fsp3) is 0.278. The van der Waals surface area contributed by atoms with E-state index in [1.807, 2.05) is 6.07 Å². The van der Waals surface area contributed by atoms with Gasteiger partial charge in [0.05, 0.1) is 30.4 Å². The van der Waals surface area contributed by atoms with Gasteiger partial charge in [-0.3, -0.25) is 9.78 Å². The van der Waals surface area contributed by atoms with Gasteiger partial charge in [-0.25, -0.2) is 0 Å². The van der Waals surface area contributed by atoms with Crippen LogP contribution < -0.4 is 5.32 Å². The van der Waals surface area contributed by atoms with E-state index in [9.17, 15) is 15.0 Å². The Morgan fingerprint density at radius 2 is 2.04 bits per heavy atom. The van der Waals surface area contributed by atoms with Crippen LogP contribution in [0.1, 0.15) is 40.4 Å². The molecule has 0 aliphatic heterocycles. The minimum Gasteiger partial charge on any atom is -0.506 e. The maximum absolute atomic E-state index is 11.2. The van der Waals surface area contributed by atoms with E-state index in [0.717, 1.165) is 5.56 Å². The molecule has 1 heterocycles. The molecule has 1 aromatic heterocycles. The topological polar surface area (TPSA) is 126 Å². The van der Waals surface area contributed by atoms with E-state index in [1.165, 1.54) is 0 Å². The molecule has 0 bridgehead atoms. The fourth-order valence-electron chi connectivity index (χ4n) is 2.52. The highest BCUT2D eigenvalue weighted by atomic mass is 16.4. The van der Waals surface area contributed by atoms with Crippen LogP contribution >= 0.6 is 0 Å². The highest BCUT2D eigenvalue weighted by Crippen LogP contribution is 2.25. The van der Waals surface area contributed by atoms with Crippen LogP contribution in [0.3, 0.4) is 0 Å². The normalized spacial score (nSPS) is 11.7. The molecule has 4 N–H and O–H groups in total. The average molecular weight is 341 g/mol. The number of aliphatic hydroxyl groups is 1. The van der Waals surface area contributed by atoms with Crippen LogP contribution in [0.4, 0.5) is 0 Å². The first-order valence-electron chi connectivity index (χ1n) is 7.68. The number of aromatic nitrogens is 1. The molecule has 1 aromatic carbocycles. The summed E-state index contributed by atoms with van der Waals surface area (Å²) in [5.74, 6) is -1.02. The Morgan fingerprint density at radius 3 is 2.60 bits per heavy atom. The summed E-state index contributed by atoms with van der Waals surface area (Å²) in [5, 5.41) is 40.6. The number of carboxylic acids is 1. The van der Waals surface area contributed by atoms with Gasteiger partial charge in [-0.05, 0) is 30.2 Å². The molecule has 2 rings (SSSR count). The second-order valence-corrected chi connectivity index (χ2v) is 5.62. The van der Waals surface area contributed by atoms with Crippen molar-refractivity contribution >= 4 is 5.97 Å². The highest BCUT2D eigenvalue weighted by molar-refractivity contribution is 5.68. The number of benzene rings is 1. The Kier molecular flexibility index (Phi) is 6.06. The minimum absolute atomic E-state index is 0.0602. The Hall–Kier alpha value is -2.95. The first kappa shape index (κ1) is 18.4. The molecule has 7 nitrogen and oxygen atoms in total. The van der Waals surface area contributed by atoms with Crippen LogP contribution in [0.15, 0.2) is 30.5 Å². The molecule has 0 aliphatic carbocycles. The van der Waals surface area contributed by atoms with Crippen LogP contribution in [0.2, 0.25) is 0 Å². The van der Waals surface area contributed by atoms with Crippen LogP contribution in [0, 0.1) is 18.3 Å². The number of aliphatic hydroxyl groups excluding tert-OH is 1. The molecule has 1 atom stereocenters. The summed E-state index contributed by atoms with van der Waals surface area (Å²) < 4.78 is 0. The van der Waals surface area contributed by atoms with Crippen LogP contribution in [-0.4, -0.2) is 26.3 Å². The molecule has 0 saturated carbocycles. The number of hydrogen-bond acceptors (Lipinski definition) is 6. The van der Waals surface area contributed by atoms with Gasteiger partial charge in [-0.1, -0.05) is 12.1 Å². The fourth-order valence-corrected chi connectivity index (χ4v) is 2.52. The third-order valence-electron chi connectivity index (χ3n) is 3.95. The Balaban J connectivity index is 2.22. The van der Waals surface area contributed by atoms with Crippen LogP contribution in [-0.2, 0) is 17.9 Å². The molecule has 0 fully saturated rings. The summed E-state index contributed by atoms with van der Waals surface area (Å²) >= 11 is 0. The number of nitrogens with zero attached hydrogens (tertiary/aromatic N) is 2. The molecule has 0 amide bonds. The van der Waals surface area contributed by atoms with E-state index in [4.69, 9.17) is 10.4 Å². The number of aromatic hydroxyl groups is 1. The van der Waals surface area contributed by atoms with Crippen molar-refractivity contribution < 1.29 is 20.1 Å². The number of nitriles is 1. The predicted octanol–water partition coefficient (Wildman–Crippen LogP) is 1.77. The number of nitrogens with one attached hydrogen (secondary N) is 1. The van der Waals surface area contributed by atoms with Gasteiger partial charge < -0.3 is 20.6 Å². The molecular formula is C18H19N3O4. The number of rotatable bonds is 7. The smallest absolute Gasteiger partial charge is 0.305 e. The molecule has 0 saturated heterocycles. The van der Waals surface area contributed by atoms with E-state index < -0.39 is 12.0 Å².